The summed E-state index contributed by atoms with van der Waals surface area (Å²) in [6.07, 6.45) is 2.52. The topological polar surface area (TPSA) is 47.6 Å². The summed E-state index contributed by atoms with van der Waals surface area (Å²) in [6.45, 7) is 1.64. The van der Waals surface area contributed by atoms with E-state index in [0.29, 0.717) is 5.56 Å². The van der Waals surface area contributed by atoms with Crippen molar-refractivity contribution in [3.05, 3.63) is 29.8 Å². The van der Waals surface area contributed by atoms with Gasteiger partial charge in [-0.05, 0) is 31.0 Å². The highest BCUT2D eigenvalue weighted by Gasteiger charge is 2.15. The number of anilines is 1. The molecule has 1 saturated heterocycles. The zero-order chi connectivity index (χ0) is 12.1. The second-order valence-corrected chi connectivity index (χ2v) is 4.09. The van der Waals surface area contributed by atoms with Gasteiger partial charge in [-0.25, -0.2) is 4.79 Å². The second kappa shape index (κ2) is 5.68. The smallest absolute Gasteiger partial charge is 0.337 e. The van der Waals surface area contributed by atoms with Crippen molar-refractivity contribution in [3.63, 3.8) is 0 Å². The van der Waals surface area contributed by atoms with Gasteiger partial charge in [-0.15, -0.1) is 0 Å². The number of hydrogen-bond donors (Lipinski definition) is 1. The van der Waals surface area contributed by atoms with E-state index in [1.807, 2.05) is 12.1 Å². The molecule has 0 unspecified atom stereocenters. The van der Waals surface area contributed by atoms with E-state index in [4.69, 9.17) is 4.74 Å². The van der Waals surface area contributed by atoms with E-state index < -0.39 is 0 Å². The van der Waals surface area contributed by atoms with Crippen molar-refractivity contribution in [2.24, 2.45) is 0 Å². The number of carbonyl (C=O) groups excluding carboxylic acids is 1. The molecule has 17 heavy (non-hydrogen) atoms. The molecule has 0 bridgehead atoms. The summed E-state index contributed by atoms with van der Waals surface area (Å²) in [7, 11) is 1.38. The zero-order valence-electron chi connectivity index (χ0n) is 9.94. The Bertz CT molecular complexity index is 386. The van der Waals surface area contributed by atoms with Gasteiger partial charge in [-0.3, -0.25) is 0 Å². The third-order valence-electron chi connectivity index (χ3n) is 2.84. The summed E-state index contributed by atoms with van der Waals surface area (Å²) < 4.78 is 10.2. The zero-order valence-corrected chi connectivity index (χ0v) is 9.94. The van der Waals surface area contributed by atoms with Crippen LogP contribution >= 0.6 is 0 Å². The first-order valence-electron chi connectivity index (χ1n) is 5.83. The number of benzene rings is 1. The van der Waals surface area contributed by atoms with Gasteiger partial charge in [0.1, 0.15) is 0 Å². The SMILES string of the molecule is COC(=O)c1cccc(NC[C@@H]2CCCO2)c1. The average Bonchev–Trinajstić information content (AvgIpc) is 2.89. The first-order valence-corrected chi connectivity index (χ1v) is 5.83. The number of esters is 1. The van der Waals surface area contributed by atoms with Crippen molar-refractivity contribution in [2.45, 2.75) is 18.9 Å². The lowest BCUT2D eigenvalue weighted by Crippen LogP contribution is -2.18. The van der Waals surface area contributed by atoms with E-state index in [0.717, 1.165) is 31.7 Å². The Morgan fingerprint density at radius 1 is 1.59 bits per heavy atom. The van der Waals surface area contributed by atoms with Crippen LogP contribution in [0.25, 0.3) is 0 Å². The molecule has 1 aliphatic rings. The minimum Gasteiger partial charge on any atom is -0.465 e. The van der Waals surface area contributed by atoms with Crippen molar-refractivity contribution in [1.82, 2.24) is 0 Å². The standard InChI is InChI=1S/C13H17NO3/c1-16-13(15)10-4-2-5-11(8-10)14-9-12-6-3-7-17-12/h2,4-5,8,12,14H,3,6-7,9H2,1H3/t12-/m0/s1. The molecular weight excluding hydrogens is 218 g/mol. The van der Waals surface area contributed by atoms with Crippen LogP contribution in [0.5, 0.6) is 0 Å². The molecule has 0 spiro atoms. The molecule has 1 aromatic carbocycles. The number of nitrogens with one attached hydrogen (secondary N) is 1. The van der Waals surface area contributed by atoms with Crippen LogP contribution < -0.4 is 5.32 Å². The van der Waals surface area contributed by atoms with Crippen molar-refractivity contribution >= 4 is 11.7 Å². The van der Waals surface area contributed by atoms with Crippen LogP contribution in [0.4, 0.5) is 5.69 Å². The summed E-state index contributed by atoms with van der Waals surface area (Å²) in [5.41, 5.74) is 1.48. The number of hydrogen-bond acceptors (Lipinski definition) is 4. The molecule has 2 rings (SSSR count). The highest BCUT2D eigenvalue weighted by Crippen LogP contribution is 2.15. The third-order valence-corrected chi connectivity index (χ3v) is 2.84. The molecule has 1 heterocycles. The molecule has 1 atom stereocenters. The van der Waals surface area contributed by atoms with Crippen molar-refractivity contribution < 1.29 is 14.3 Å². The summed E-state index contributed by atoms with van der Waals surface area (Å²) in [5, 5.41) is 3.27. The Balaban J connectivity index is 1.93. The normalized spacial score (nSPS) is 19.0. The highest BCUT2D eigenvalue weighted by atomic mass is 16.5. The van der Waals surface area contributed by atoms with E-state index >= 15 is 0 Å². The van der Waals surface area contributed by atoms with Gasteiger partial charge >= 0.3 is 5.97 Å². The van der Waals surface area contributed by atoms with E-state index in [-0.39, 0.29) is 12.1 Å². The van der Waals surface area contributed by atoms with E-state index in [1.165, 1.54) is 7.11 Å². The molecule has 1 aliphatic heterocycles. The molecule has 0 amide bonds. The predicted molar refractivity (Wildman–Crippen MR) is 65.2 cm³/mol. The molecule has 1 fully saturated rings. The number of rotatable bonds is 4. The second-order valence-electron chi connectivity index (χ2n) is 4.09. The minimum atomic E-state index is -0.314. The van der Waals surface area contributed by atoms with Crippen LogP contribution in [-0.2, 0) is 9.47 Å². The van der Waals surface area contributed by atoms with Gasteiger partial charge in [0.25, 0.3) is 0 Å². The van der Waals surface area contributed by atoms with Crippen molar-refractivity contribution in [1.29, 1.82) is 0 Å². The van der Waals surface area contributed by atoms with Crippen molar-refractivity contribution in [2.75, 3.05) is 25.6 Å². The fourth-order valence-electron chi connectivity index (χ4n) is 1.91. The summed E-state index contributed by atoms with van der Waals surface area (Å²) in [5.74, 6) is -0.314. The van der Waals surface area contributed by atoms with Crippen LogP contribution in [0.15, 0.2) is 24.3 Å². The molecular formula is C13H17NO3. The van der Waals surface area contributed by atoms with Gasteiger partial charge < -0.3 is 14.8 Å². The molecule has 0 aromatic heterocycles. The molecule has 92 valence electrons. The quantitative estimate of drug-likeness (QED) is 0.811. The Hall–Kier alpha value is -1.55. The molecule has 1 N–H and O–H groups in total. The molecule has 1 aromatic rings. The summed E-state index contributed by atoms with van der Waals surface area (Å²) in [6, 6.07) is 7.30. The van der Waals surface area contributed by atoms with Crippen LogP contribution in [0.1, 0.15) is 23.2 Å². The first-order chi connectivity index (χ1) is 8.29. The molecule has 4 nitrogen and oxygen atoms in total. The lowest BCUT2D eigenvalue weighted by molar-refractivity contribution is 0.0601. The lowest BCUT2D eigenvalue weighted by Gasteiger charge is -2.12. The Morgan fingerprint density at radius 3 is 3.18 bits per heavy atom. The lowest BCUT2D eigenvalue weighted by atomic mass is 10.2. The maximum absolute atomic E-state index is 11.4. The number of ether oxygens (including phenoxy) is 2. The van der Waals surface area contributed by atoms with Gasteiger partial charge in [0.05, 0.1) is 18.8 Å². The van der Waals surface area contributed by atoms with E-state index in [2.05, 4.69) is 10.1 Å². The maximum Gasteiger partial charge on any atom is 0.337 e. The summed E-state index contributed by atoms with van der Waals surface area (Å²) in [4.78, 5) is 11.4. The Labute approximate surface area is 101 Å². The van der Waals surface area contributed by atoms with E-state index in [1.54, 1.807) is 12.1 Å². The van der Waals surface area contributed by atoms with Crippen LogP contribution in [0, 0.1) is 0 Å². The van der Waals surface area contributed by atoms with Crippen LogP contribution in [-0.4, -0.2) is 32.3 Å². The molecule has 4 heteroatoms. The average molecular weight is 235 g/mol. The molecule has 0 radical (unpaired) electrons. The monoisotopic (exact) mass is 235 g/mol. The first kappa shape index (κ1) is 11.9. The van der Waals surface area contributed by atoms with Crippen LogP contribution in [0.2, 0.25) is 0 Å². The maximum atomic E-state index is 11.4. The number of methoxy groups -OCH3 is 1. The number of carbonyl (C=O) groups is 1. The highest BCUT2D eigenvalue weighted by molar-refractivity contribution is 5.90. The predicted octanol–water partition coefficient (Wildman–Crippen LogP) is 2.06. The van der Waals surface area contributed by atoms with Gasteiger partial charge in [-0.2, -0.15) is 0 Å². The van der Waals surface area contributed by atoms with Gasteiger partial charge in [0, 0.05) is 18.8 Å². The Morgan fingerprint density at radius 2 is 2.47 bits per heavy atom. The van der Waals surface area contributed by atoms with Gasteiger partial charge in [-0.1, -0.05) is 6.07 Å². The molecule has 0 saturated carbocycles. The van der Waals surface area contributed by atoms with E-state index in [9.17, 15) is 4.79 Å². The van der Waals surface area contributed by atoms with Crippen molar-refractivity contribution in [3.8, 4) is 0 Å². The Kier molecular flexibility index (Phi) is 3.98. The fourth-order valence-corrected chi connectivity index (χ4v) is 1.91. The minimum absolute atomic E-state index is 0.289. The fraction of sp³-hybridized carbons (Fsp3) is 0.462. The van der Waals surface area contributed by atoms with Gasteiger partial charge in [0.15, 0.2) is 0 Å². The third kappa shape index (κ3) is 3.20. The molecule has 0 aliphatic carbocycles. The largest absolute Gasteiger partial charge is 0.465 e. The van der Waals surface area contributed by atoms with Gasteiger partial charge in [0.2, 0.25) is 0 Å². The van der Waals surface area contributed by atoms with Crippen LogP contribution in [0.3, 0.4) is 0 Å². The summed E-state index contributed by atoms with van der Waals surface area (Å²) >= 11 is 0.